The van der Waals surface area contributed by atoms with Crippen LogP contribution in [0.4, 0.5) is 0 Å². The normalized spacial score (nSPS) is 14.6. The molecular formula is C13H16Cl2O2S. The van der Waals surface area contributed by atoms with Crippen molar-refractivity contribution >= 4 is 39.8 Å². The van der Waals surface area contributed by atoms with Crippen LogP contribution < -0.4 is 0 Å². The molecule has 18 heavy (non-hydrogen) atoms. The van der Waals surface area contributed by atoms with Crippen molar-refractivity contribution in [2.45, 2.75) is 26.0 Å². The van der Waals surface area contributed by atoms with Gasteiger partial charge in [-0.3, -0.25) is 9.00 Å². The van der Waals surface area contributed by atoms with Crippen LogP contribution in [0.15, 0.2) is 18.2 Å². The number of halogens is 2. The fourth-order valence-electron chi connectivity index (χ4n) is 1.35. The molecule has 0 heterocycles. The second-order valence-corrected chi connectivity index (χ2v) is 7.16. The number of ketones is 1. The Labute approximate surface area is 120 Å². The molecule has 0 radical (unpaired) electrons. The highest BCUT2D eigenvalue weighted by Crippen LogP contribution is 2.22. The zero-order chi connectivity index (χ0) is 13.9. The molecule has 0 spiro atoms. The first-order chi connectivity index (χ1) is 8.32. The fourth-order valence-corrected chi connectivity index (χ4v) is 3.03. The molecule has 2 atom stereocenters. The van der Waals surface area contributed by atoms with Gasteiger partial charge in [-0.15, -0.1) is 0 Å². The van der Waals surface area contributed by atoms with Gasteiger partial charge in [0.2, 0.25) is 0 Å². The van der Waals surface area contributed by atoms with Crippen molar-refractivity contribution in [3.63, 3.8) is 0 Å². The molecule has 2 nitrogen and oxygen atoms in total. The Morgan fingerprint density at radius 3 is 2.44 bits per heavy atom. The molecule has 2 unspecified atom stereocenters. The summed E-state index contributed by atoms with van der Waals surface area (Å²) in [6.07, 6.45) is 0. The van der Waals surface area contributed by atoms with Gasteiger partial charge >= 0.3 is 0 Å². The third-order valence-electron chi connectivity index (χ3n) is 2.86. The molecule has 100 valence electrons. The standard InChI is InChI=1S/C13H16Cl2O2S/c1-8(2)9(3)18(17)7-13(16)11-6-10(14)4-5-12(11)15/h4-6,8-9H,7H2,1-3H3. The number of hydrogen-bond acceptors (Lipinski definition) is 2. The maximum absolute atomic E-state index is 12.0. The zero-order valence-corrected chi connectivity index (χ0v) is 12.9. The van der Waals surface area contributed by atoms with Gasteiger partial charge in [0.25, 0.3) is 0 Å². The molecule has 5 heteroatoms. The van der Waals surface area contributed by atoms with E-state index in [0.717, 1.165) is 0 Å². The highest BCUT2D eigenvalue weighted by Gasteiger charge is 2.20. The van der Waals surface area contributed by atoms with Gasteiger partial charge in [0.05, 0.1) is 10.8 Å². The smallest absolute Gasteiger partial charge is 0.176 e. The predicted molar refractivity (Wildman–Crippen MR) is 78.1 cm³/mol. The van der Waals surface area contributed by atoms with Gasteiger partial charge in [-0.05, 0) is 24.1 Å². The van der Waals surface area contributed by atoms with Crippen molar-refractivity contribution in [2.75, 3.05) is 5.75 Å². The van der Waals surface area contributed by atoms with Crippen LogP contribution in [-0.2, 0) is 10.8 Å². The van der Waals surface area contributed by atoms with E-state index in [1.807, 2.05) is 20.8 Å². The van der Waals surface area contributed by atoms with Crippen LogP contribution >= 0.6 is 23.2 Å². The zero-order valence-electron chi connectivity index (χ0n) is 10.6. The Morgan fingerprint density at radius 2 is 1.89 bits per heavy atom. The van der Waals surface area contributed by atoms with E-state index < -0.39 is 10.8 Å². The number of carbonyl (C=O) groups is 1. The molecule has 0 saturated heterocycles. The van der Waals surface area contributed by atoms with E-state index in [4.69, 9.17) is 23.2 Å². The van der Waals surface area contributed by atoms with Crippen LogP contribution in [0.25, 0.3) is 0 Å². The molecule has 0 bridgehead atoms. The van der Waals surface area contributed by atoms with E-state index in [9.17, 15) is 9.00 Å². The fraction of sp³-hybridized carbons (Fsp3) is 0.462. The van der Waals surface area contributed by atoms with Gasteiger partial charge < -0.3 is 0 Å². The summed E-state index contributed by atoms with van der Waals surface area (Å²) in [6, 6.07) is 4.71. The molecule has 0 aliphatic heterocycles. The summed E-state index contributed by atoms with van der Waals surface area (Å²) < 4.78 is 12.0. The summed E-state index contributed by atoms with van der Waals surface area (Å²) in [5.41, 5.74) is 0.341. The van der Waals surface area contributed by atoms with E-state index in [0.29, 0.717) is 15.6 Å². The molecule has 1 aromatic rings. The SMILES string of the molecule is CC(C)C(C)S(=O)CC(=O)c1cc(Cl)ccc1Cl. The average molecular weight is 307 g/mol. The number of carbonyl (C=O) groups excluding carboxylic acids is 1. The first kappa shape index (κ1) is 15.7. The van der Waals surface area contributed by atoms with Gasteiger partial charge in [0, 0.05) is 26.6 Å². The van der Waals surface area contributed by atoms with Gasteiger partial charge in [-0.25, -0.2) is 0 Å². The van der Waals surface area contributed by atoms with E-state index in [-0.39, 0.29) is 22.7 Å². The minimum atomic E-state index is -1.19. The minimum Gasteiger partial charge on any atom is -0.293 e. The topological polar surface area (TPSA) is 34.1 Å². The number of benzene rings is 1. The Hall–Kier alpha value is -0.380. The Bertz CT molecular complexity index is 472. The Morgan fingerprint density at radius 1 is 1.28 bits per heavy atom. The number of hydrogen-bond donors (Lipinski definition) is 0. The lowest BCUT2D eigenvalue weighted by atomic mass is 10.1. The van der Waals surface area contributed by atoms with E-state index in [1.165, 1.54) is 6.07 Å². The molecule has 1 aromatic carbocycles. The number of Topliss-reactive ketones (excluding diaryl/α,β-unsaturated/α-hetero) is 1. The van der Waals surface area contributed by atoms with E-state index in [2.05, 4.69) is 0 Å². The first-order valence-corrected chi connectivity index (χ1v) is 7.82. The second-order valence-electron chi connectivity index (χ2n) is 4.52. The van der Waals surface area contributed by atoms with Crippen LogP contribution in [0.1, 0.15) is 31.1 Å². The molecule has 0 N–H and O–H groups in total. The van der Waals surface area contributed by atoms with E-state index in [1.54, 1.807) is 12.1 Å². The third kappa shape index (κ3) is 4.08. The molecule has 0 aliphatic carbocycles. The summed E-state index contributed by atoms with van der Waals surface area (Å²) in [5, 5.41) is 0.774. The summed E-state index contributed by atoms with van der Waals surface area (Å²) in [4.78, 5) is 12.0. The molecule has 0 saturated carbocycles. The summed E-state index contributed by atoms with van der Waals surface area (Å²) in [6.45, 7) is 5.85. The van der Waals surface area contributed by atoms with Gasteiger partial charge in [-0.2, -0.15) is 0 Å². The minimum absolute atomic E-state index is 0.0145. The van der Waals surface area contributed by atoms with Crippen LogP contribution in [0.5, 0.6) is 0 Å². The summed E-state index contributed by atoms with van der Waals surface area (Å²) >= 11 is 11.8. The van der Waals surface area contributed by atoms with Crippen molar-refractivity contribution in [1.29, 1.82) is 0 Å². The average Bonchev–Trinajstić information content (AvgIpc) is 2.30. The highest BCUT2D eigenvalue weighted by atomic mass is 35.5. The number of rotatable bonds is 5. The lowest BCUT2D eigenvalue weighted by Gasteiger charge is -2.14. The molecule has 0 aliphatic rings. The molecule has 0 fully saturated rings. The van der Waals surface area contributed by atoms with Crippen molar-refractivity contribution in [1.82, 2.24) is 0 Å². The maximum atomic E-state index is 12.0. The van der Waals surface area contributed by atoms with Crippen LogP contribution in [0.2, 0.25) is 10.0 Å². The van der Waals surface area contributed by atoms with Crippen molar-refractivity contribution in [2.24, 2.45) is 5.92 Å². The van der Waals surface area contributed by atoms with Gasteiger partial charge in [0.15, 0.2) is 5.78 Å². The van der Waals surface area contributed by atoms with E-state index >= 15 is 0 Å². The van der Waals surface area contributed by atoms with Crippen molar-refractivity contribution < 1.29 is 9.00 Å². The maximum Gasteiger partial charge on any atom is 0.176 e. The van der Waals surface area contributed by atoms with Gasteiger partial charge in [0.1, 0.15) is 0 Å². The lowest BCUT2D eigenvalue weighted by molar-refractivity contribution is 0.102. The van der Waals surface area contributed by atoms with Crippen LogP contribution in [-0.4, -0.2) is 21.0 Å². The molecule has 0 aromatic heterocycles. The first-order valence-electron chi connectivity index (χ1n) is 5.68. The highest BCUT2D eigenvalue weighted by molar-refractivity contribution is 7.86. The summed E-state index contributed by atoms with van der Waals surface area (Å²) in [7, 11) is -1.19. The van der Waals surface area contributed by atoms with Crippen LogP contribution in [0, 0.1) is 5.92 Å². The quantitative estimate of drug-likeness (QED) is 0.771. The Kier molecular flexibility index (Phi) is 5.83. The predicted octanol–water partition coefficient (Wildman–Crippen LogP) is 3.97. The Balaban J connectivity index is 2.83. The second kappa shape index (κ2) is 6.69. The largest absolute Gasteiger partial charge is 0.293 e. The van der Waals surface area contributed by atoms with Crippen molar-refractivity contribution in [3.8, 4) is 0 Å². The molecule has 1 rings (SSSR count). The monoisotopic (exact) mass is 306 g/mol. The van der Waals surface area contributed by atoms with Crippen molar-refractivity contribution in [3.05, 3.63) is 33.8 Å². The van der Waals surface area contributed by atoms with Crippen LogP contribution in [0.3, 0.4) is 0 Å². The lowest BCUT2D eigenvalue weighted by Crippen LogP contribution is -2.24. The summed E-state index contributed by atoms with van der Waals surface area (Å²) in [5.74, 6) is 0.0289. The molecular weight excluding hydrogens is 291 g/mol. The third-order valence-corrected chi connectivity index (χ3v) is 5.34. The molecule has 0 amide bonds. The van der Waals surface area contributed by atoms with Gasteiger partial charge in [-0.1, -0.05) is 44.0 Å².